The topological polar surface area (TPSA) is 69.9 Å². The normalized spacial score (nSPS) is 23.3. The van der Waals surface area contributed by atoms with Crippen LogP contribution in [0.4, 0.5) is 0 Å². The lowest BCUT2D eigenvalue weighted by molar-refractivity contribution is -0.136. The number of piperidine rings is 1. The van der Waals surface area contributed by atoms with Crippen LogP contribution in [-0.2, 0) is 16.1 Å². The van der Waals surface area contributed by atoms with Crippen molar-refractivity contribution in [2.45, 2.75) is 31.8 Å². The van der Waals surface area contributed by atoms with Gasteiger partial charge in [0.25, 0.3) is 0 Å². The summed E-state index contributed by atoms with van der Waals surface area (Å²) in [5.74, 6) is -0.179. The highest BCUT2D eigenvalue weighted by molar-refractivity contribution is 7.07. The molecule has 0 spiro atoms. The SMILES string of the molecule is NC(=O)C1CCCCN1CC(=O)N1CCN(Cc2ccsc2)CC1. The van der Waals surface area contributed by atoms with Crippen molar-refractivity contribution in [1.29, 1.82) is 0 Å². The molecule has 1 atom stereocenters. The van der Waals surface area contributed by atoms with Crippen molar-refractivity contribution < 1.29 is 9.59 Å². The minimum atomic E-state index is -0.303. The van der Waals surface area contributed by atoms with E-state index in [9.17, 15) is 9.59 Å². The first-order valence-electron chi connectivity index (χ1n) is 8.68. The monoisotopic (exact) mass is 350 g/mol. The van der Waals surface area contributed by atoms with Crippen LogP contribution < -0.4 is 5.73 Å². The highest BCUT2D eigenvalue weighted by Crippen LogP contribution is 2.17. The highest BCUT2D eigenvalue weighted by atomic mass is 32.1. The molecule has 0 saturated carbocycles. The van der Waals surface area contributed by atoms with E-state index in [4.69, 9.17) is 5.73 Å². The molecule has 1 aromatic rings. The Balaban J connectivity index is 1.47. The summed E-state index contributed by atoms with van der Waals surface area (Å²) in [7, 11) is 0. The number of rotatable bonds is 5. The van der Waals surface area contributed by atoms with Crippen LogP contribution in [0, 0.1) is 0 Å². The number of thiophene rings is 1. The molecule has 1 unspecified atom stereocenters. The second-order valence-corrected chi connectivity index (χ2v) is 7.45. The third kappa shape index (κ3) is 4.34. The fraction of sp³-hybridized carbons (Fsp3) is 0.647. The number of hydrogen-bond acceptors (Lipinski definition) is 5. The molecule has 3 rings (SSSR count). The van der Waals surface area contributed by atoms with Crippen LogP contribution in [0.1, 0.15) is 24.8 Å². The molecule has 3 heterocycles. The lowest BCUT2D eigenvalue weighted by Gasteiger charge is -2.38. The maximum absolute atomic E-state index is 12.6. The fourth-order valence-electron chi connectivity index (χ4n) is 3.57. The van der Waals surface area contributed by atoms with E-state index in [0.717, 1.165) is 58.5 Å². The molecule has 0 aliphatic carbocycles. The number of primary amides is 1. The molecule has 7 heteroatoms. The number of carbonyl (C=O) groups is 2. The van der Waals surface area contributed by atoms with Crippen molar-refractivity contribution in [3.05, 3.63) is 22.4 Å². The summed E-state index contributed by atoms with van der Waals surface area (Å²) in [5.41, 5.74) is 6.83. The second-order valence-electron chi connectivity index (χ2n) is 6.67. The van der Waals surface area contributed by atoms with E-state index in [1.807, 2.05) is 9.80 Å². The van der Waals surface area contributed by atoms with Crippen LogP contribution in [0.25, 0.3) is 0 Å². The van der Waals surface area contributed by atoms with E-state index in [1.165, 1.54) is 5.56 Å². The molecule has 2 amide bonds. The zero-order valence-corrected chi connectivity index (χ0v) is 14.8. The van der Waals surface area contributed by atoms with Gasteiger partial charge in [-0.05, 0) is 41.8 Å². The number of nitrogens with zero attached hydrogens (tertiary/aromatic N) is 3. The molecule has 0 radical (unpaired) electrons. The first kappa shape index (κ1) is 17.4. The summed E-state index contributed by atoms with van der Waals surface area (Å²) in [6.07, 6.45) is 2.82. The zero-order valence-electron chi connectivity index (χ0n) is 14.0. The van der Waals surface area contributed by atoms with E-state index >= 15 is 0 Å². The van der Waals surface area contributed by atoms with Crippen LogP contribution >= 0.6 is 11.3 Å². The molecule has 2 fully saturated rings. The minimum absolute atomic E-state index is 0.123. The average molecular weight is 350 g/mol. The Morgan fingerprint density at radius 3 is 2.62 bits per heavy atom. The Bertz CT molecular complexity index is 555. The molecule has 0 aromatic carbocycles. The zero-order chi connectivity index (χ0) is 16.9. The predicted octanol–water partition coefficient (Wildman–Crippen LogP) is 0.732. The van der Waals surface area contributed by atoms with Gasteiger partial charge in [-0.2, -0.15) is 11.3 Å². The molecule has 2 saturated heterocycles. The molecule has 2 N–H and O–H groups in total. The fourth-order valence-corrected chi connectivity index (χ4v) is 4.23. The predicted molar refractivity (Wildman–Crippen MR) is 94.6 cm³/mol. The van der Waals surface area contributed by atoms with Gasteiger partial charge in [0.05, 0.1) is 12.6 Å². The number of nitrogens with two attached hydrogens (primary N) is 1. The molecule has 2 aliphatic rings. The molecule has 1 aromatic heterocycles. The maximum atomic E-state index is 12.6. The van der Waals surface area contributed by atoms with Gasteiger partial charge in [-0.25, -0.2) is 0 Å². The number of amides is 2. The van der Waals surface area contributed by atoms with Crippen molar-refractivity contribution in [1.82, 2.24) is 14.7 Å². The molecule has 132 valence electrons. The molecular weight excluding hydrogens is 324 g/mol. The third-order valence-electron chi connectivity index (χ3n) is 4.99. The first-order chi connectivity index (χ1) is 11.6. The Hall–Kier alpha value is -1.44. The van der Waals surface area contributed by atoms with Gasteiger partial charge in [0, 0.05) is 32.7 Å². The summed E-state index contributed by atoms with van der Waals surface area (Å²) in [5, 5.41) is 4.28. The van der Waals surface area contributed by atoms with Gasteiger partial charge in [0.15, 0.2) is 0 Å². The lowest BCUT2D eigenvalue weighted by Crippen LogP contribution is -2.54. The Morgan fingerprint density at radius 2 is 1.96 bits per heavy atom. The van der Waals surface area contributed by atoms with Crippen LogP contribution in [-0.4, -0.2) is 71.8 Å². The van der Waals surface area contributed by atoms with Crippen molar-refractivity contribution in [3.8, 4) is 0 Å². The maximum Gasteiger partial charge on any atom is 0.236 e. The van der Waals surface area contributed by atoms with Crippen LogP contribution in [0.3, 0.4) is 0 Å². The van der Waals surface area contributed by atoms with Crippen LogP contribution in [0.15, 0.2) is 16.8 Å². The van der Waals surface area contributed by atoms with E-state index in [1.54, 1.807) is 11.3 Å². The standard InChI is InChI=1S/C17H26N4O2S/c18-17(23)15-3-1-2-5-21(15)12-16(22)20-8-6-19(7-9-20)11-14-4-10-24-13-14/h4,10,13,15H,1-3,5-9,11-12H2,(H2,18,23). The van der Waals surface area contributed by atoms with E-state index in [-0.39, 0.29) is 17.9 Å². The van der Waals surface area contributed by atoms with Gasteiger partial charge in [0.2, 0.25) is 11.8 Å². The van der Waals surface area contributed by atoms with Gasteiger partial charge >= 0.3 is 0 Å². The molecule has 6 nitrogen and oxygen atoms in total. The lowest BCUT2D eigenvalue weighted by atomic mass is 10.0. The second kappa shape index (κ2) is 8.09. The molecule has 24 heavy (non-hydrogen) atoms. The minimum Gasteiger partial charge on any atom is -0.368 e. The van der Waals surface area contributed by atoms with Crippen molar-refractivity contribution >= 4 is 23.2 Å². The number of hydrogen-bond donors (Lipinski definition) is 1. The van der Waals surface area contributed by atoms with Gasteiger partial charge in [-0.15, -0.1) is 0 Å². The smallest absolute Gasteiger partial charge is 0.236 e. The van der Waals surface area contributed by atoms with Crippen molar-refractivity contribution in [3.63, 3.8) is 0 Å². The summed E-state index contributed by atoms with van der Waals surface area (Å²) in [6.45, 7) is 5.40. The largest absolute Gasteiger partial charge is 0.368 e. The summed E-state index contributed by atoms with van der Waals surface area (Å²) >= 11 is 1.72. The van der Waals surface area contributed by atoms with Gasteiger partial charge in [-0.1, -0.05) is 6.42 Å². The molecule has 0 bridgehead atoms. The Labute approximate surface area is 147 Å². The highest BCUT2D eigenvalue weighted by Gasteiger charge is 2.30. The Morgan fingerprint density at radius 1 is 1.17 bits per heavy atom. The molecular formula is C17H26N4O2S. The van der Waals surface area contributed by atoms with E-state index in [2.05, 4.69) is 21.7 Å². The van der Waals surface area contributed by atoms with Gasteiger partial charge in [0.1, 0.15) is 0 Å². The quantitative estimate of drug-likeness (QED) is 0.850. The van der Waals surface area contributed by atoms with Crippen LogP contribution in [0.2, 0.25) is 0 Å². The third-order valence-corrected chi connectivity index (χ3v) is 5.72. The average Bonchev–Trinajstić information content (AvgIpc) is 3.09. The van der Waals surface area contributed by atoms with E-state index < -0.39 is 0 Å². The molecule has 2 aliphatic heterocycles. The van der Waals surface area contributed by atoms with Gasteiger partial charge < -0.3 is 10.6 Å². The Kier molecular flexibility index (Phi) is 5.86. The summed E-state index contributed by atoms with van der Waals surface area (Å²) < 4.78 is 0. The van der Waals surface area contributed by atoms with Crippen molar-refractivity contribution in [2.75, 3.05) is 39.3 Å². The number of piperazine rings is 1. The first-order valence-corrected chi connectivity index (χ1v) is 9.62. The van der Waals surface area contributed by atoms with Crippen molar-refractivity contribution in [2.24, 2.45) is 5.73 Å². The number of likely N-dealkylation sites (tertiary alicyclic amines) is 1. The number of carbonyl (C=O) groups excluding carboxylic acids is 2. The summed E-state index contributed by atoms with van der Waals surface area (Å²) in [6, 6.07) is 1.88. The van der Waals surface area contributed by atoms with E-state index in [0.29, 0.717) is 6.54 Å². The van der Waals surface area contributed by atoms with Crippen LogP contribution in [0.5, 0.6) is 0 Å². The van der Waals surface area contributed by atoms with Gasteiger partial charge in [-0.3, -0.25) is 19.4 Å². The summed E-state index contributed by atoms with van der Waals surface area (Å²) in [4.78, 5) is 30.4.